The monoisotopic (exact) mass is 219 g/mol. The highest BCUT2D eigenvalue weighted by Crippen LogP contribution is 2.45. The van der Waals surface area contributed by atoms with Crippen LogP contribution in [-0.4, -0.2) is 29.5 Å². The topological polar surface area (TPSA) is 3.24 Å². The second kappa shape index (κ2) is 3.41. The minimum Gasteiger partial charge on any atom is -0.292 e. The van der Waals surface area contributed by atoms with E-state index >= 15 is 0 Å². The number of halogens is 2. The Balaban J connectivity index is 2.87. The quantitative estimate of drug-likeness (QED) is 0.603. The highest BCUT2D eigenvalue weighted by atomic mass is 19.3. The minimum atomic E-state index is -2.55. The van der Waals surface area contributed by atoms with E-state index in [0.29, 0.717) is 6.54 Å². The summed E-state index contributed by atoms with van der Waals surface area (Å²) in [5.41, 5.74) is -0.493. The van der Waals surface area contributed by atoms with Crippen molar-refractivity contribution in [3.05, 3.63) is 0 Å². The van der Waals surface area contributed by atoms with Crippen LogP contribution in [0, 0.1) is 11.3 Å². The van der Waals surface area contributed by atoms with Crippen molar-refractivity contribution in [1.82, 2.24) is 4.90 Å². The molecule has 15 heavy (non-hydrogen) atoms. The molecule has 1 rings (SSSR count). The summed E-state index contributed by atoms with van der Waals surface area (Å²) in [4.78, 5) is 1.89. The van der Waals surface area contributed by atoms with E-state index in [1.54, 1.807) is 0 Å². The Morgan fingerprint density at radius 1 is 1.07 bits per heavy atom. The molecular weight excluding hydrogens is 196 g/mol. The number of alkyl halides is 2. The molecule has 1 unspecified atom stereocenters. The van der Waals surface area contributed by atoms with Crippen LogP contribution < -0.4 is 0 Å². The third kappa shape index (κ3) is 2.68. The Labute approximate surface area is 91.8 Å². The lowest BCUT2D eigenvalue weighted by atomic mass is 9.78. The summed E-state index contributed by atoms with van der Waals surface area (Å²) in [6.45, 7) is 12.1. The van der Waals surface area contributed by atoms with Crippen LogP contribution in [0.3, 0.4) is 0 Å². The van der Waals surface area contributed by atoms with Gasteiger partial charge in [-0.15, -0.1) is 0 Å². The first-order chi connectivity index (χ1) is 6.44. The molecule has 1 nitrogen and oxygen atoms in total. The molecule has 0 aromatic heterocycles. The molecule has 1 aliphatic heterocycles. The molecular formula is C12H23F2N. The van der Waals surface area contributed by atoms with E-state index < -0.39 is 11.8 Å². The molecule has 0 aromatic rings. The van der Waals surface area contributed by atoms with Crippen molar-refractivity contribution in [3.63, 3.8) is 0 Å². The van der Waals surface area contributed by atoms with Gasteiger partial charge in [-0.05, 0) is 26.2 Å². The van der Waals surface area contributed by atoms with E-state index in [2.05, 4.69) is 0 Å². The van der Waals surface area contributed by atoms with Crippen LogP contribution in [0.1, 0.15) is 41.5 Å². The van der Waals surface area contributed by atoms with Gasteiger partial charge in [0.15, 0.2) is 0 Å². The lowest BCUT2D eigenvalue weighted by Gasteiger charge is -2.33. The van der Waals surface area contributed by atoms with Crippen LogP contribution in [0.2, 0.25) is 0 Å². The molecule has 1 fully saturated rings. The second-order valence-electron chi connectivity index (χ2n) is 6.73. The van der Waals surface area contributed by atoms with Crippen molar-refractivity contribution in [2.75, 3.05) is 13.1 Å². The fourth-order valence-corrected chi connectivity index (χ4v) is 2.20. The molecule has 90 valence electrons. The Morgan fingerprint density at radius 3 is 1.73 bits per heavy atom. The molecule has 0 saturated carbocycles. The van der Waals surface area contributed by atoms with Crippen molar-refractivity contribution in [2.45, 2.75) is 53.0 Å². The van der Waals surface area contributed by atoms with Gasteiger partial charge in [0.25, 0.3) is 5.92 Å². The number of hydrogen-bond donors (Lipinski definition) is 0. The highest BCUT2D eigenvalue weighted by Gasteiger charge is 2.54. The highest BCUT2D eigenvalue weighted by molar-refractivity contribution is 4.99. The second-order valence-corrected chi connectivity index (χ2v) is 6.73. The van der Waals surface area contributed by atoms with Crippen LogP contribution in [0.15, 0.2) is 0 Å². The number of nitrogens with zero attached hydrogens (tertiary/aromatic N) is 1. The third-order valence-corrected chi connectivity index (χ3v) is 3.31. The maximum atomic E-state index is 13.8. The zero-order valence-corrected chi connectivity index (χ0v) is 10.7. The molecule has 1 saturated heterocycles. The van der Waals surface area contributed by atoms with E-state index in [1.807, 2.05) is 46.4 Å². The minimum absolute atomic E-state index is 0.0988. The molecule has 1 atom stereocenters. The predicted molar refractivity (Wildman–Crippen MR) is 59.2 cm³/mol. The third-order valence-electron chi connectivity index (χ3n) is 3.31. The van der Waals surface area contributed by atoms with Crippen molar-refractivity contribution < 1.29 is 8.78 Å². The molecule has 0 radical (unpaired) electrons. The van der Waals surface area contributed by atoms with Crippen LogP contribution in [0.25, 0.3) is 0 Å². The first kappa shape index (κ1) is 12.9. The fraction of sp³-hybridized carbons (Fsp3) is 1.00. The van der Waals surface area contributed by atoms with Gasteiger partial charge in [-0.3, -0.25) is 4.90 Å². The lowest BCUT2D eigenvalue weighted by Crippen LogP contribution is -2.40. The lowest BCUT2D eigenvalue weighted by molar-refractivity contribution is -0.0642. The largest absolute Gasteiger partial charge is 0.292 e. The van der Waals surface area contributed by atoms with Crippen LogP contribution in [-0.2, 0) is 0 Å². The van der Waals surface area contributed by atoms with Gasteiger partial charge in [0, 0.05) is 18.0 Å². The molecule has 0 N–H and O–H groups in total. The van der Waals surface area contributed by atoms with Crippen LogP contribution in [0.5, 0.6) is 0 Å². The van der Waals surface area contributed by atoms with Gasteiger partial charge in [0.05, 0.1) is 6.54 Å². The summed E-state index contributed by atoms with van der Waals surface area (Å²) in [5.74, 6) is -3.09. The zero-order chi connectivity index (χ0) is 12.1. The van der Waals surface area contributed by atoms with Crippen molar-refractivity contribution in [1.29, 1.82) is 0 Å². The number of hydrogen-bond acceptors (Lipinski definition) is 1. The number of likely N-dealkylation sites (tertiary alicyclic amines) is 1. The predicted octanol–water partition coefficient (Wildman–Crippen LogP) is 3.40. The summed E-state index contributed by atoms with van der Waals surface area (Å²) in [6, 6.07) is 0. The summed E-state index contributed by atoms with van der Waals surface area (Å²) in [5, 5.41) is 0. The molecule has 0 spiro atoms. The van der Waals surface area contributed by atoms with Gasteiger partial charge < -0.3 is 0 Å². The van der Waals surface area contributed by atoms with Crippen LogP contribution in [0.4, 0.5) is 8.78 Å². The molecule has 0 aliphatic carbocycles. The van der Waals surface area contributed by atoms with E-state index in [0.717, 1.165) is 0 Å². The van der Waals surface area contributed by atoms with Crippen molar-refractivity contribution in [2.24, 2.45) is 11.3 Å². The van der Waals surface area contributed by atoms with Gasteiger partial charge in [0.1, 0.15) is 0 Å². The van der Waals surface area contributed by atoms with Gasteiger partial charge >= 0.3 is 0 Å². The zero-order valence-electron chi connectivity index (χ0n) is 10.7. The summed E-state index contributed by atoms with van der Waals surface area (Å²) in [6.07, 6.45) is 0. The van der Waals surface area contributed by atoms with E-state index in [4.69, 9.17) is 0 Å². The van der Waals surface area contributed by atoms with Gasteiger partial charge in [-0.25, -0.2) is 8.78 Å². The normalized spacial score (nSPS) is 28.4. The first-order valence-corrected chi connectivity index (χ1v) is 5.57. The molecule has 3 heteroatoms. The summed E-state index contributed by atoms with van der Waals surface area (Å²) >= 11 is 0. The average molecular weight is 219 g/mol. The number of rotatable bonds is 0. The molecule has 0 bridgehead atoms. The van der Waals surface area contributed by atoms with E-state index in [9.17, 15) is 8.78 Å². The van der Waals surface area contributed by atoms with E-state index in [-0.39, 0.29) is 17.5 Å². The average Bonchev–Trinajstić information content (AvgIpc) is 2.22. The van der Waals surface area contributed by atoms with E-state index in [1.165, 1.54) is 0 Å². The Kier molecular flexibility index (Phi) is 2.93. The fourth-order valence-electron chi connectivity index (χ4n) is 2.20. The molecule has 1 aliphatic rings. The molecule has 0 amide bonds. The van der Waals surface area contributed by atoms with Gasteiger partial charge in [0.2, 0.25) is 0 Å². The SMILES string of the molecule is CC(C)(C)C1CN(C(C)(C)C)CC1(F)F. The molecule has 0 aromatic carbocycles. The first-order valence-electron chi connectivity index (χ1n) is 5.57. The summed E-state index contributed by atoms with van der Waals surface area (Å²) in [7, 11) is 0. The van der Waals surface area contributed by atoms with Gasteiger partial charge in [-0.2, -0.15) is 0 Å². The van der Waals surface area contributed by atoms with Crippen molar-refractivity contribution in [3.8, 4) is 0 Å². The smallest absolute Gasteiger partial charge is 0.265 e. The van der Waals surface area contributed by atoms with Crippen molar-refractivity contribution >= 4 is 0 Å². The maximum Gasteiger partial charge on any atom is 0.265 e. The summed E-state index contributed by atoms with van der Waals surface area (Å²) < 4.78 is 27.7. The Morgan fingerprint density at radius 2 is 1.53 bits per heavy atom. The van der Waals surface area contributed by atoms with Crippen LogP contribution >= 0.6 is 0 Å². The van der Waals surface area contributed by atoms with Gasteiger partial charge in [-0.1, -0.05) is 20.8 Å². The standard InChI is InChI=1S/C12H23F2N/c1-10(2,3)9-7-15(11(4,5)6)8-12(9,13)14/h9H,7-8H2,1-6H3. The Hall–Kier alpha value is -0.180. The molecule has 1 heterocycles. The Bertz CT molecular complexity index is 235. The maximum absolute atomic E-state index is 13.8.